The smallest absolute Gasteiger partial charge is 0.382 e. The van der Waals surface area contributed by atoms with Crippen molar-refractivity contribution in [2.24, 2.45) is 0 Å². The number of amides is 1. The summed E-state index contributed by atoms with van der Waals surface area (Å²) in [5.41, 5.74) is 2.19. The quantitative estimate of drug-likeness (QED) is 0.746. The second-order valence-electron chi connectivity index (χ2n) is 4.59. The van der Waals surface area contributed by atoms with Gasteiger partial charge in [-0.15, -0.1) is 0 Å². The molecule has 0 saturated carbocycles. The molecule has 1 aromatic carbocycles. The van der Waals surface area contributed by atoms with Gasteiger partial charge in [0.25, 0.3) is 5.91 Å². The predicted molar refractivity (Wildman–Crippen MR) is 71.0 cm³/mol. The van der Waals surface area contributed by atoms with Gasteiger partial charge in [0.05, 0.1) is 11.4 Å². The first-order valence-corrected chi connectivity index (χ1v) is 6.42. The summed E-state index contributed by atoms with van der Waals surface area (Å²) in [4.78, 5) is 11.8. The zero-order valence-corrected chi connectivity index (χ0v) is 10.8. The third-order valence-electron chi connectivity index (χ3n) is 2.96. The highest BCUT2D eigenvalue weighted by molar-refractivity contribution is 5.96. The second-order valence-corrected chi connectivity index (χ2v) is 4.59. The van der Waals surface area contributed by atoms with E-state index in [1.54, 1.807) is 18.2 Å². The monoisotopic (exact) mass is 287 g/mol. The van der Waals surface area contributed by atoms with Crippen molar-refractivity contribution < 1.29 is 18.0 Å². The van der Waals surface area contributed by atoms with Crippen molar-refractivity contribution in [3.8, 4) is 0 Å². The lowest BCUT2D eigenvalue weighted by atomic mass is 10.1. The van der Waals surface area contributed by atoms with E-state index in [0.717, 1.165) is 24.5 Å². The number of anilines is 2. The average Bonchev–Trinajstić information content (AvgIpc) is 2.42. The third-order valence-corrected chi connectivity index (χ3v) is 2.96. The van der Waals surface area contributed by atoms with Crippen LogP contribution in [0.15, 0.2) is 18.2 Å². The van der Waals surface area contributed by atoms with Crippen molar-refractivity contribution in [3.05, 3.63) is 23.8 Å². The first kappa shape index (κ1) is 14.5. The van der Waals surface area contributed by atoms with Crippen LogP contribution in [0.25, 0.3) is 0 Å². The van der Waals surface area contributed by atoms with Crippen LogP contribution in [0.2, 0.25) is 0 Å². The number of carbonyl (C=O) groups is 1. The molecule has 1 aliphatic rings. The lowest BCUT2D eigenvalue weighted by Crippen LogP contribution is -2.26. The molecular formula is C13H16F3N3O. The van der Waals surface area contributed by atoms with Crippen molar-refractivity contribution >= 4 is 17.3 Å². The Morgan fingerprint density at radius 2 is 1.90 bits per heavy atom. The van der Waals surface area contributed by atoms with Crippen LogP contribution in [-0.4, -0.2) is 31.7 Å². The van der Waals surface area contributed by atoms with Crippen molar-refractivity contribution in [1.82, 2.24) is 5.32 Å². The SMILES string of the molecule is O=C(NCCCC(F)(F)F)c1ccc2c(c1)NCCN2. The maximum atomic E-state index is 12.0. The minimum absolute atomic E-state index is 0.0150. The number of fused-ring (bicyclic) bond motifs is 1. The van der Waals surface area contributed by atoms with E-state index in [1.165, 1.54) is 0 Å². The van der Waals surface area contributed by atoms with Gasteiger partial charge in [0.2, 0.25) is 0 Å². The van der Waals surface area contributed by atoms with E-state index >= 15 is 0 Å². The van der Waals surface area contributed by atoms with Gasteiger partial charge in [0.15, 0.2) is 0 Å². The van der Waals surface area contributed by atoms with Crippen LogP contribution < -0.4 is 16.0 Å². The fourth-order valence-corrected chi connectivity index (χ4v) is 1.97. The summed E-state index contributed by atoms with van der Waals surface area (Å²) < 4.78 is 35.9. The second kappa shape index (κ2) is 6.02. The fraction of sp³-hybridized carbons (Fsp3) is 0.462. The van der Waals surface area contributed by atoms with E-state index in [2.05, 4.69) is 16.0 Å². The molecule has 7 heteroatoms. The van der Waals surface area contributed by atoms with Gasteiger partial charge in [-0.3, -0.25) is 4.79 Å². The normalized spacial score (nSPS) is 13.9. The Labute approximate surface area is 114 Å². The summed E-state index contributed by atoms with van der Waals surface area (Å²) in [5, 5.41) is 8.82. The Balaban J connectivity index is 1.86. The molecule has 0 radical (unpaired) electrons. The molecule has 20 heavy (non-hydrogen) atoms. The summed E-state index contributed by atoms with van der Waals surface area (Å²) in [7, 11) is 0. The van der Waals surface area contributed by atoms with E-state index in [4.69, 9.17) is 0 Å². The number of hydrogen-bond acceptors (Lipinski definition) is 3. The number of hydrogen-bond donors (Lipinski definition) is 3. The highest BCUT2D eigenvalue weighted by Crippen LogP contribution is 2.25. The molecule has 0 aromatic heterocycles. The van der Waals surface area contributed by atoms with Crippen LogP contribution in [0.4, 0.5) is 24.5 Å². The van der Waals surface area contributed by atoms with Crippen LogP contribution in [0.1, 0.15) is 23.2 Å². The average molecular weight is 287 g/mol. The van der Waals surface area contributed by atoms with E-state index in [0.29, 0.717) is 5.56 Å². The Morgan fingerprint density at radius 3 is 2.60 bits per heavy atom. The number of carbonyl (C=O) groups excluding carboxylic acids is 1. The summed E-state index contributed by atoms with van der Waals surface area (Å²) >= 11 is 0. The Morgan fingerprint density at radius 1 is 1.20 bits per heavy atom. The zero-order valence-electron chi connectivity index (χ0n) is 10.8. The summed E-state index contributed by atoms with van der Waals surface area (Å²) in [5.74, 6) is -0.359. The van der Waals surface area contributed by atoms with Gasteiger partial charge in [0, 0.05) is 31.6 Å². The molecule has 2 rings (SSSR count). The van der Waals surface area contributed by atoms with Gasteiger partial charge in [-0.05, 0) is 24.6 Å². The van der Waals surface area contributed by atoms with Crippen LogP contribution >= 0.6 is 0 Å². The molecule has 1 aromatic rings. The van der Waals surface area contributed by atoms with E-state index < -0.39 is 12.6 Å². The minimum Gasteiger partial charge on any atom is -0.382 e. The summed E-state index contributed by atoms with van der Waals surface area (Å²) in [6, 6.07) is 5.13. The molecular weight excluding hydrogens is 271 g/mol. The largest absolute Gasteiger partial charge is 0.389 e. The maximum Gasteiger partial charge on any atom is 0.389 e. The first-order chi connectivity index (χ1) is 9.46. The minimum atomic E-state index is -4.17. The molecule has 0 fully saturated rings. The molecule has 0 aliphatic carbocycles. The van der Waals surface area contributed by atoms with Gasteiger partial charge in [-0.2, -0.15) is 13.2 Å². The first-order valence-electron chi connectivity index (χ1n) is 6.42. The van der Waals surface area contributed by atoms with Crippen molar-refractivity contribution in [2.45, 2.75) is 19.0 Å². The molecule has 0 bridgehead atoms. The van der Waals surface area contributed by atoms with Crippen molar-refractivity contribution in [1.29, 1.82) is 0 Å². The number of halogens is 3. The van der Waals surface area contributed by atoms with Crippen LogP contribution in [0.5, 0.6) is 0 Å². The molecule has 0 spiro atoms. The number of alkyl halides is 3. The lowest BCUT2D eigenvalue weighted by molar-refractivity contribution is -0.135. The van der Waals surface area contributed by atoms with E-state index in [9.17, 15) is 18.0 Å². The summed E-state index contributed by atoms with van der Waals surface area (Å²) in [6.45, 7) is 1.60. The number of benzene rings is 1. The zero-order chi connectivity index (χ0) is 14.6. The molecule has 1 amide bonds. The Bertz CT molecular complexity index is 488. The molecule has 1 aliphatic heterocycles. The highest BCUT2D eigenvalue weighted by atomic mass is 19.4. The topological polar surface area (TPSA) is 53.2 Å². The van der Waals surface area contributed by atoms with Gasteiger partial charge < -0.3 is 16.0 Å². The molecule has 3 N–H and O–H groups in total. The van der Waals surface area contributed by atoms with Gasteiger partial charge in [-0.25, -0.2) is 0 Å². The van der Waals surface area contributed by atoms with E-state index in [-0.39, 0.29) is 18.9 Å². The molecule has 0 saturated heterocycles. The standard InChI is InChI=1S/C13H16F3N3O/c14-13(15,16)4-1-5-19-12(20)9-2-3-10-11(8-9)18-7-6-17-10/h2-3,8,17-18H,1,4-7H2,(H,19,20). The number of nitrogens with one attached hydrogen (secondary N) is 3. The van der Waals surface area contributed by atoms with Gasteiger partial charge >= 0.3 is 6.18 Å². The molecule has 0 atom stereocenters. The lowest BCUT2D eigenvalue weighted by Gasteiger charge is -2.20. The van der Waals surface area contributed by atoms with Gasteiger partial charge in [-0.1, -0.05) is 0 Å². The van der Waals surface area contributed by atoms with Crippen LogP contribution in [0, 0.1) is 0 Å². The number of rotatable bonds is 4. The third kappa shape index (κ3) is 4.04. The molecule has 0 unspecified atom stereocenters. The summed E-state index contributed by atoms with van der Waals surface area (Å²) in [6.07, 6.45) is -5.17. The van der Waals surface area contributed by atoms with Crippen molar-refractivity contribution in [2.75, 3.05) is 30.3 Å². The molecule has 1 heterocycles. The fourth-order valence-electron chi connectivity index (χ4n) is 1.97. The van der Waals surface area contributed by atoms with Crippen LogP contribution in [-0.2, 0) is 0 Å². The Kier molecular flexibility index (Phi) is 4.36. The van der Waals surface area contributed by atoms with E-state index in [1.807, 2.05) is 0 Å². The molecule has 4 nitrogen and oxygen atoms in total. The van der Waals surface area contributed by atoms with Crippen molar-refractivity contribution in [3.63, 3.8) is 0 Å². The maximum absolute atomic E-state index is 12.0. The van der Waals surface area contributed by atoms with Gasteiger partial charge in [0.1, 0.15) is 0 Å². The van der Waals surface area contributed by atoms with Crippen LogP contribution in [0.3, 0.4) is 0 Å². The highest BCUT2D eigenvalue weighted by Gasteiger charge is 2.26. The molecule has 110 valence electrons. The Hall–Kier alpha value is -1.92. The predicted octanol–water partition coefficient (Wildman–Crippen LogP) is 2.60.